The lowest BCUT2D eigenvalue weighted by Gasteiger charge is -2.42. The summed E-state index contributed by atoms with van der Waals surface area (Å²) in [7, 11) is 1.80. The highest BCUT2D eigenvalue weighted by molar-refractivity contribution is 5.13. The Balaban J connectivity index is 2.20. The summed E-state index contributed by atoms with van der Waals surface area (Å²) in [4.78, 5) is 0. The molecule has 4 nitrogen and oxygen atoms in total. The molecule has 2 rings (SSSR count). The van der Waals surface area contributed by atoms with Crippen molar-refractivity contribution in [2.24, 2.45) is 11.7 Å². The van der Waals surface area contributed by atoms with Crippen LogP contribution in [0.2, 0.25) is 0 Å². The Bertz CT molecular complexity index is 394. The summed E-state index contributed by atoms with van der Waals surface area (Å²) < 4.78 is 7.91. The second-order valence-electron chi connectivity index (χ2n) is 5.91. The zero-order chi connectivity index (χ0) is 13.9. The maximum Gasteiger partial charge on any atom is 0.0885 e. The number of hydrogen-bond acceptors (Lipinski definition) is 3. The van der Waals surface area contributed by atoms with Crippen molar-refractivity contribution in [2.45, 2.75) is 64.1 Å². The van der Waals surface area contributed by atoms with Crippen LogP contribution in [0.15, 0.2) is 12.3 Å². The molecule has 1 aliphatic rings. The first-order valence-corrected chi connectivity index (χ1v) is 7.45. The molecule has 1 aromatic rings. The van der Waals surface area contributed by atoms with Gasteiger partial charge in [-0.15, -0.1) is 0 Å². The zero-order valence-electron chi connectivity index (χ0n) is 12.4. The second kappa shape index (κ2) is 6.06. The van der Waals surface area contributed by atoms with Gasteiger partial charge in [-0.25, -0.2) is 0 Å². The molecular formula is C15H27N3O. The average Bonchev–Trinajstić information content (AvgIpc) is 2.88. The molecule has 1 atom stereocenters. The molecule has 2 N–H and O–H groups in total. The van der Waals surface area contributed by atoms with E-state index < -0.39 is 0 Å². The minimum atomic E-state index is -0.210. The first-order chi connectivity index (χ1) is 9.13. The topological polar surface area (TPSA) is 53.1 Å². The van der Waals surface area contributed by atoms with E-state index in [1.807, 2.05) is 16.9 Å². The molecule has 1 fully saturated rings. The second-order valence-corrected chi connectivity index (χ2v) is 5.91. The van der Waals surface area contributed by atoms with Gasteiger partial charge in [0.2, 0.25) is 0 Å². The molecule has 4 heteroatoms. The number of aromatic nitrogens is 2. The highest BCUT2D eigenvalue weighted by Gasteiger charge is 2.41. The van der Waals surface area contributed by atoms with Crippen LogP contribution in [0, 0.1) is 5.92 Å². The van der Waals surface area contributed by atoms with E-state index in [9.17, 15) is 0 Å². The van der Waals surface area contributed by atoms with Crippen LogP contribution in [0.4, 0.5) is 0 Å². The number of ether oxygens (including phenoxy) is 1. The molecule has 1 aromatic heterocycles. The monoisotopic (exact) mass is 265 g/mol. The first kappa shape index (κ1) is 14.5. The average molecular weight is 265 g/mol. The number of rotatable bonds is 5. The summed E-state index contributed by atoms with van der Waals surface area (Å²) in [5.41, 5.74) is 7.45. The molecule has 0 saturated heterocycles. The van der Waals surface area contributed by atoms with Crippen LogP contribution in [0.3, 0.4) is 0 Å². The van der Waals surface area contributed by atoms with E-state index in [-0.39, 0.29) is 11.6 Å². The van der Waals surface area contributed by atoms with Gasteiger partial charge in [0, 0.05) is 19.9 Å². The Hall–Kier alpha value is -0.870. The molecule has 1 unspecified atom stereocenters. The Kier molecular flexibility index (Phi) is 4.63. The highest BCUT2D eigenvalue weighted by atomic mass is 16.5. The van der Waals surface area contributed by atoms with E-state index in [2.05, 4.69) is 18.9 Å². The van der Waals surface area contributed by atoms with Crippen molar-refractivity contribution < 1.29 is 4.74 Å². The van der Waals surface area contributed by atoms with Crippen molar-refractivity contribution in [1.29, 1.82) is 0 Å². The summed E-state index contributed by atoms with van der Waals surface area (Å²) in [6.07, 6.45) is 7.40. The Morgan fingerprint density at radius 3 is 2.79 bits per heavy atom. The van der Waals surface area contributed by atoms with Gasteiger partial charge in [0.25, 0.3) is 0 Å². The zero-order valence-corrected chi connectivity index (χ0v) is 12.4. The lowest BCUT2D eigenvalue weighted by atomic mass is 9.74. The fourth-order valence-corrected chi connectivity index (χ4v) is 3.17. The summed E-state index contributed by atoms with van der Waals surface area (Å²) in [6, 6.07) is 1.96. The molecule has 0 amide bonds. The number of hydrogen-bond donors (Lipinski definition) is 1. The lowest BCUT2D eigenvalue weighted by Crippen LogP contribution is -2.46. The number of nitrogens with zero attached hydrogens (tertiary/aromatic N) is 2. The molecule has 0 radical (unpaired) electrons. The van der Waals surface area contributed by atoms with Gasteiger partial charge in [0.1, 0.15) is 0 Å². The molecule has 1 saturated carbocycles. The van der Waals surface area contributed by atoms with Crippen LogP contribution in [-0.2, 0) is 11.3 Å². The van der Waals surface area contributed by atoms with Gasteiger partial charge in [-0.1, -0.05) is 13.8 Å². The quantitative estimate of drug-likeness (QED) is 0.890. The van der Waals surface area contributed by atoms with Gasteiger partial charge in [0.15, 0.2) is 0 Å². The first-order valence-electron chi connectivity index (χ1n) is 7.45. The Labute approximate surface area is 116 Å². The van der Waals surface area contributed by atoms with Crippen molar-refractivity contribution >= 4 is 0 Å². The number of nitrogens with two attached hydrogens (primary N) is 1. The molecule has 19 heavy (non-hydrogen) atoms. The van der Waals surface area contributed by atoms with Crippen LogP contribution < -0.4 is 5.73 Å². The van der Waals surface area contributed by atoms with Crippen molar-refractivity contribution in [1.82, 2.24) is 9.78 Å². The Morgan fingerprint density at radius 2 is 2.21 bits per heavy atom. The van der Waals surface area contributed by atoms with Gasteiger partial charge in [-0.3, -0.25) is 4.68 Å². The van der Waals surface area contributed by atoms with Crippen molar-refractivity contribution in [3.05, 3.63) is 18.0 Å². The van der Waals surface area contributed by atoms with Crippen LogP contribution in [0.25, 0.3) is 0 Å². The minimum Gasteiger partial charge on any atom is -0.376 e. The van der Waals surface area contributed by atoms with Gasteiger partial charge < -0.3 is 10.5 Å². The van der Waals surface area contributed by atoms with E-state index in [0.29, 0.717) is 0 Å². The van der Waals surface area contributed by atoms with Crippen LogP contribution in [-0.4, -0.2) is 22.5 Å². The van der Waals surface area contributed by atoms with Crippen LogP contribution in [0.1, 0.15) is 57.7 Å². The van der Waals surface area contributed by atoms with E-state index in [0.717, 1.165) is 37.4 Å². The van der Waals surface area contributed by atoms with Crippen LogP contribution >= 0.6 is 0 Å². The number of methoxy groups -OCH3 is 1. The third-order valence-corrected chi connectivity index (χ3v) is 4.60. The Morgan fingerprint density at radius 1 is 1.53 bits per heavy atom. The van der Waals surface area contributed by atoms with Crippen LogP contribution in [0.5, 0.6) is 0 Å². The third kappa shape index (κ3) is 2.84. The molecule has 1 aliphatic carbocycles. The van der Waals surface area contributed by atoms with Gasteiger partial charge in [-0.2, -0.15) is 5.10 Å². The highest BCUT2D eigenvalue weighted by Crippen LogP contribution is 2.41. The molecule has 0 bridgehead atoms. The maximum absolute atomic E-state index is 6.55. The third-order valence-electron chi connectivity index (χ3n) is 4.60. The largest absolute Gasteiger partial charge is 0.376 e. The van der Waals surface area contributed by atoms with Crippen molar-refractivity contribution in [3.8, 4) is 0 Å². The molecular weight excluding hydrogens is 238 g/mol. The molecule has 0 spiro atoms. The fourth-order valence-electron chi connectivity index (χ4n) is 3.17. The van der Waals surface area contributed by atoms with E-state index in [1.54, 1.807) is 7.11 Å². The molecule has 0 aromatic carbocycles. The lowest BCUT2D eigenvalue weighted by molar-refractivity contribution is -0.0688. The summed E-state index contributed by atoms with van der Waals surface area (Å²) >= 11 is 0. The fraction of sp³-hybridized carbons (Fsp3) is 0.800. The standard InChI is InChI=1S/C15H27N3O/c1-4-11-18-13(7-10-17-18)14(16)15(19-3)8-5-12(2)6-9-15/h7,10,12,14H,4-6,8-9,11,16H2,1-3H3. The normalized spacial score (nSPS) is 29.4. The predicted molar refractivity (Wildman–Crippen MR) is 76.8 cm³/mol. The van der Waals surface area contributed by atoms with Gasteiger partial charge in [0.05, 0.1) is 17.3 Å². The summed E-state index contributed by atoms with van der Waals surface area (Å²) in [5.74, 6) is 0.788. The molecule has 1 heterocycles. The van der Waals surface area contributed by atoms with Gasteiger partial charge in [-0.05, 0) is 44.1 Å². The summed E-state index contributed by atoms with van der Waals surface area (Å²) in [6.45, 7) is 5.39. The van der Waals surface area contributed by atoms with Crippen molar-refractivity contribution in [2.75, 3.05) is 7.11 Å². The predicted octanol–water partition coefficient (Wildman–Crippen LogP) is 2.89. The number of aryl methyl sites for hydroxylation is 1. The van der Waals surface area contributed by atoms with Gasteiger partial charge >= 0.3 is 0 Å². The molecule has 108 valence electrons. The van der Waals surface area contributed by atoms with Crippen molar-refractivity contribution in [3.63, 3.8) is 0 Å². The summed E-state index contributed by atoms with van der Waals surface area (Å²) in [5, 5.41) is 4.38. The maximum atomic E-state index is 6.55. The van der Waals surface area contributed by atoms with E-state index >= 15 is 0 Å². The van der Waals surface area contributed by atoms with E-state index in [1.165, 1.54) is 12.8 Å². The SMILES string of the molecule is CCCn1nccc1C(N)C1(OC)CCC(C)CC1. The molecule has 0 aliphatic heterocycles. The minimum absolute atomic E-state index is 0.0842. The van der Waals surface area contributed by atoms with E-state index in [4.69, 9.17) is 10.5 Å². The smallest absolute Gasteiger partial charge is 0.0885 e.